The van der Waals surface area contributed by atoms with E-state index in [9.17, 15) is 4.79 Å². The minimum absolute atomic E-state index is 0.215. The van der Waals surface area contributed by atoms with E-state index in [0.29, 0.717) is 5.92 Å². The second-order valence-electron chi connectivity index (χ2n) is 6.93. The van der Waals surface area contributed by atoms with E-state index in [-0.39, 0.29) is 6.09 Å². The summed E-state index contributed by atoms with van der Waals surface area (Å²) in [5.41, 5.74) is 0.481. The molecule has 2 heterocycles. The third kappa shape index (κ3) is 4.32. The third-order valence-corrected chi connectivity index (χ3v) is 3.69. The summed E-state index contributed by atoms with van der Waals surface area (Å²) in [5, 5.41) is 0. The summed E-state index contributed by atoms with van der Waals surface area (Å²) in [4.78, 5) is 24.7. The SMILES string of the molecule is Cc1nccnc1N(C)C[C@@H]1CCN(C(=O)OC(C)(C)C)C1. The number of nitrogens with zero attached hydrogens (tertiary/aromatic N) is 4. The zero-order valence-corrected chi connectivity index (χ0v) is 14.2. The topological polar surface area (TPSA) is 58.6 Å². The third-order valence-electron chi connectivity index (χ3n) is 3.69. The smallest absolute Gasteiger partial charge is 0.410 e. The van der Waals surface area contributed by atoms with Crippen molar-refractivity contribution in [2.24, 2.45) is 5.92 Å². The van der Waals surface area contributed by atoms with E-state index in [1.54, 1.807) is 17.3 Å². The van der Waals surface area contributed by atoms with Crippen LogP contribution in [-0.2, 0) is 4.74 Å². The average Bonchev–Trinajstić information content (AvgIpc) is 2.85. The Balaban J connectivity index is 1.89. The Kier molecular flexibility index (Phi) is 4.88. The number of hydrogen-bond acceptors (Lipinski definition) is 5. The molecule has 2 rings (SSSR count). The van der Waals surface area contributed by atoms with Crippen molar-refractivity contribution in [1.82, 2.24) is 14.9 Å². The molecule has 122 valence electrons. The summed E-state index contributed by atoms with van der Waals surface area (Å²) in [6.45, 7) is 9.99. The van der Waals surface area contributed by atoms with Crippen molar-refractivity contribution in [1.29, 1.82) is 0 Å². The van der Waals surface area contributed by atoms with Gasteiger partial charge < -0.3 is 14.5 Å². The highest BCUT2D eigenvalue weighted by atomic mass is 16.6. The molecule has 6 nitrogen and oxygen atoms in total. The molecule has 1 aliphatic heterocycles. The minimum Gasteiger partial charge on any atom is -0.444 e. The zero-order valence-electron chi connectivity index (χ0n) is 14.2. The van der Waals surface area contributed by atoms with Gasteiger partial charge >= 0.3 is 6.09 Å². The Morgan fingerprint density at radius 2 is 2.09 bits per heavy atom. The molecular weight excluding hydrogens is 280 g/mol. The number of hydrogen-bond donors (Lipinski definition) is 0. The van der Waals surface area contributed by atoms with E-state index >= 15 is 0 Å². The van der Waals surface area contributed by atoms with Gasteiger partial charge in [0.1, 0.15) is 11.4 Å². The van der Waals surface area contributed by atoms with Gasteiger partial charge in [0.15, 0.2) is 0 Å². The molecule has 6 heteroatoms. The Morgan fingerprint density at radius 1 is 1.41 bits per heavy atom. The average molecular weight is 306 g/mol. The molecule has 0 unspecified atom stereocenters. The normalized spacial score (nSPS) is 18.4. The van der Waals surface area contributed by atoms with Crippen LogP contribution in [0.1, 0.15) is 32.9 Å². The summed E-state index contributed by atoms with van der Waals surface area (Å²) in [5.74, 6) is 1.33. The van der Waals surface area contributed by atoms with Crippen molar-refractivity contribution in [3.05, 3.63) is 18.1 Å². The van der Waals surface area contributed by atoms with E-state index in [0.717, 1.165) is 37.6 Å². The summed E-state index contributed by atoms with van der Waals surface area (Å²) in [7, 11) is 2.02. The standard InChI is InChI=1S/C16H26N4O2/c1-12-14(18-8-7-17-12)19(5)10-13-6-9-20(11-13)15(21)22-16(2,3)4/h7-8,13H,6,9-11H2,1-5H3/t13-/m0/s1. The molecule has 1 aromatic heterocycles. The van der Waals surface area contributed by atoms with Crippen LogP contribution >= 0.6 is 0 Å². The van der Waals surface area contributed by atoms with Crippen molar-refractivity contribution in [2.45, 2.75) is 39.7 Å². The first kappa shape index (κ1) is 16.5. The highest BCUT2D eigenvalue weighted by molar-refractivity contribution is 5.68. The number of ether oxygens (including phenoxy) is 1. The molecule has 1 atom stereocenters. The first-order valence-electron chi connectivity index (χ1n) is 7.73. The molecule has 0 aliphatic carbocycles. The molecular formula is C16H26N4O2. The van der Waals surface area contributed by atoms with Crippen molar-refractivity contribution in [2.75, 3.05) is 31.6 Å². The lowest BCUT2D eigenvalue weighted by molar-refractivity contribution is 0.0288. The lowest BCUT2D eigenvalue weighted by Crippen LogP contribution is -2.36. The van der Waals surface area contributed by atoms with Crippen LogP contribution in [0.3, 0.4) is 0 Å². The number of carbonyl (C=O) groups excluding carboxylic acids is 1. The number of amides is 1. The lowest BCUT2D eigenvalue weighted by Gasteiger charge is -2.25. The summed E-state index contributed by atoms with van der Waals surface area (Å²) >= 11 is 0. The number of likely N-dealkylation sites (tertiary alicyclic amines) is 1. The van der Waals surface area contributed by atoms with Crippen molar-refractivity contribution in [3.8, 4) is 0 Å². The fourth-order valence-corrected chi connectivity index (χ4v) is 2.72. The number of carbonyl (C=O) groups is 1. The van der Waals surface area contributed by atoms with E-state index < -0.39 is 5.60 Å². The summed E-state index contributed by atoms with van der Waals surface area (Å²) < 4.78 is 5.43. The Bertz CT molecular complexity index is 527. The van der Waals surface area contributed by atoms with Gasteiger partial charge in [0.25, 0.3) is 0 Å². The Hall–Kier alpha value is -1.85. The Labute approximate surface area is 132 Å². The molecule has 0 spiro atoms. The zero-order chi connectivity index (χ0) is 16.3. The second-order valence-corrected chi connectivity index (χ2v) is 6.93. The number of aromatic nitrogens is 2. The van der Waals surface area contributed by atoms with Crippen LogP contribution in [0.5, 0.6) is 0 Å². The van der Waals surface area contributed by atoms with E-state index in [1.807, 2.05) is 34.7 Å². The van der Waals surface area contributed by atoms with Crippen molar-refractivity contribution >= 4 is 11.9 Å². The predicted molar refractivity (Wildman–Crippen MR) is 86.0 cm³/mol. The van der Waals surface area contributed by atoms with Crippen LogP contribution in [0.15, 0.2) is 12.4 Å². The van der Waals surface area contributed by atoms with Gasteiger partial charge in [-0.05, 0) is 40.0 Å². The molecule has 1 saturated heterocycles. The highest BCUT2D eigenvalue weighted by Gasteiger charge is 2.30. The fourth-order valence-electron chi connectivity index (χ4n) is 2.72. The van der Waals surface area contributed by atoms with Crippen LogP contribution in [0.4, 0.5) is 10.6 Å². The summed E-state index contributed by atoms with van der Waals surface area (Å²) in [6, 6.07) is 0. The van der Waals surface area contributed by atoms with Crippen LogP contribution in [-0.4, -0.2) is 53.2 Å². The van der Waals surface area contributed by atoms with Gasteiger partial charge in [0.05, 0.1) is 5.69 Å². The van der Waals surface area contributed by atoms with E-state index in [2.05, 4.69) is 14.9 Å². The maximum absolute atomic E-state index is 12.1. The Morgan fingerprint density at radius 3 is 2.73 bits per heavy atom. The van der Waals surface area contributed by atoms with Crippen molar-refractivity contribution < 1.29 is 9.53 Å². The molecule has 1 amide bonds. The second kappa shape index (κ2) is 6.50. The fraction of sp³-hybridized carbons (Fsp3) is 0.688. The number of rotatable bonds is 3. The van der Waals surface area contributed by atoms with Gasteiger partial charge in [0.2, 0.25) is 0 Å². The quantitative estimate of drug-likeness (QED) is 0.858. The molecule has 1 fully saturated rings. The number of anilines is 1. The van der Waals surface area contributed by atoms with E-state index in [1.165, 1.54) is 0 Å². The van der Waals surface area contributed by atoms with Crippen molar-refractivity contribution in [3.63, 3.8) is 0 Å². The van der Waals surface area contributed by atoms with Gasteiger partial charge in [-0.1, -0.05) is 0 Å². The predicted octanol–water partition coefficient (Wildman–Crippen LogP) is 2.48. The molecule has 1 aromatic rings. The molecule has 0 aromatic carbocycles. The van der Waals surface area contributed by atoms with Crippen LogP contribution in [0.25, 0.3) is 0 Å². The molecule has 0 radical (unpaired) electrons. The lowest BCUT2D eigenvalue weighted by atomic mass is 10.1. The monoisotopic (exact) mass is 306 g/mol. The van der Waals surface area contributed by atoms with Gasteiger partial charge in [0, 0.05) is 39.1 Å². The molecule has 0 N–H and O–H groups in total. The minimum atomic E-state index is -0.442. The van der Waals surface area contributed by atoms with Gasteiger partial charge in [-0.25, -0.2) is 9.78 Å². The number of aryl methyl sites for hydroxylation is 1. The molecule has 0 bridgehead atoms. The highest BCUT2D eigenvalue weighted by Crippen LogP contribution is 2.22. The first-order valence-corrected chi connectivity index (χ1v) is 7.73. The van der Waals surface area contributed by atoms with Gasteiger partial charge in [-0.3, -0.25) is 4.98 Å². The van der Waals surface area contributed by atoms with Gasteiger partial charge in [-0.15, -0.1) is 0 Å². The van der Waals surface area contributed by atoms with Crippen LogP contribution in [0.2, 0.25) is 0 Å². The molecule has 0 saturated carbocycles. The van der Waals surface area contributed by atoms with Crippen LogP contribution < -0.4 is 4.90 Å². The largest absolute Gasteiger partial charge is 0.444 e. The maximum Gasteiger partial charge on any atom is 0.410 e. The molecule has 22 heavy (non-hydrogen) atoms. The van der Waals surface area contributed by atoms with E-state index in [4.69, 9.17) is 4.74 Å². The van der Waals surface area contributed by atoms with Crippen LogP contribution in [0, 0.1) is 12.8 Å². The summed E-state index contributed by atoms with van der Waals surface area (Å²) in [6.07, 6.45) is 4.18. The molecule has 1 aliphatic rings. The van der Waals surface area contributed by atoms with Gasteiger partial charge in [-0.2, -0.15) is 0 Å². The maximum atomic E-state index is 12.1. The first-order chi connectivity index (χ1) is 10.3.